The van der Waals surface area contributed by atoms with Crippen LogP contribution in [0.25, 0.3) is 0 Å². The second-order valence-electron chi connectivity index (χ2n) is 10.6. The van der Waals surface area contributed by atoms with E-state index in [1.165, 1.54) is 64.2 Å². The number of hydrogen-bond acceptors (Lipinski definition) is 0. The van der Waals surface area contributed by atoms with Crippen LogP contribution < -0.4 is 0 Å². The molecule has 3 aliphatic carbocycles. The van der Waals surface area contributed by atoms with Crippen LogP contribution >= 0.6 is 0 Å². The summed E-state index contributed by atoms with van der Waals surface area (Å²) in [5.41, 5.74) is 2.99. The fourth-order valence-electron chi connectivity index (χ4n) is 6.68. The number of hydrogen-bond donors (Lipinski definition) is 0. The van der Waals surface area contributed by atoms with Crippen LogP contribution in [0.5, 0.6) is 0 Å². The second-order valence-corrected chi connectivity index (χ2v) is 10.6. The van der Waals surface area contributed by atoms with Gasteiger partial charge >= 0.3 is 0 Å². The molecule has 0 heterocycles. The smallest absolute Gasteiger partial charge is 0.00523 e. The summed E-state index contributed by atoms with van der Waals surface area (Å²) in [4.78, 5) is 0. The molecule has 0 aromatic rings. The van der Waals surface area contributed by atoms with Crippen LogP contribution in [0.2, 0.25) is 0 Å². The molecule has 23 heavy (non-hydrogen) atoms. The number of rotatable bonds is 2. The van der Waals surface area contributed by atoms with Gasteiger partial charge in [-0.1, -0.05) is 59.1 Å². The van der Waals surface area contributed by atoms with E-state index >= 15 is 0 Å². The van der Waals surface area contributed by atoms with E-state index in [9.17, 15) is 0 Å². The van der Waals surface area contributed by atoms with Gasteiger partial charge in [0.05, 0.1) is 0 Å². The first-order valence-corrected chi connectivity index (χ1v) is 10.5. The Labute approximate surface area is 145 Å². The fourth-order valence-corrected chi connectivity index (χ4v) is 6.68. The van der Waals surface area contributed by atoms with Crippen molar-refractivity contribution in [2.75, 3.05) is 0 Å². The van der Waals surface area contributed by atoms with Gasteiger partial charge in [0.2, 0.25) is 0 Å². The molecule has 0 aromatic heterocycles. The Kier molecular flexibility index (Phi) is 5.01. The molecule has 3 unspecified atom stereocenters. The molecule has 0 aromatic carbocycles. The maximum Gasteiger partial charge on any atom is -0.00523 e. The molecule has 2 fully saturated rings. The lowest BCUT2D eigenvalue weighted by Gasteiger charge is -2.55. The summed E-state index contributed by atoms with van der Waals surface area (Å²) in [6, 6.07) is 0. The summed E-state index contributed by atoms with van der Waals surface area (Å²) >= 11 is 0. The van der Waals surface area contributed by atoms with Crippen LogP contribution in [0, 0.1) is 34.5 Å². The highest BCUT2D eigenvalue weighted by molar-refractivity contribution is 5.22. The average Bonchev–Trinajstić information content (AvgIpc) is 2.46. The van der Waals surface area contributed by atoms with Gasteiger partial charge in [-0.25, -0.2) is 0 Å². The molecule has 3 rings (SSSR count). The minimum Gasteiger partial charge on any atom is -0.0845 e. The monoisotopic (exact) mass is 316 g/mol. The molecule has 2 saturated carbocycles. The van der Waals surface area contributed by atoms with Crippen LogP contribution in [0.15, 0.2) is 11.6 Å². The summed E-state index contributed by atoms with van der Waals surface area (Å²) in [7, 11) is 0. The van der Waals surface area contributed by atoms with Crippen molar-refractivity contribution in [2.45, 2.75) is 98.8 Å². The molecule has 3 atom stereocenters. The molecule has 3 aliphatic rings. The van der Waals surface area contributed by atoms with Crippen LogP contribution in [-0.2, 0) is 0 Å². The van der Waals surface area contributed by atoms with E-state index in [-0.39, 0.29) is 0 Å². The maximum atomic E-state index is 2.71. The lowest BCUT2D eigenvalue weighted by Crippen LogP contribution is -2.45. The lowest BCUT2D eigenvalue weighted by atomic mass is 9.50. The van der Waals surface area contributed by atoms with Crippen LogP contribution in [-0.4, -0.2) is 0 Å². The van der Waals surface area contributed by atoms with Gasteiger partial charge in [-0.3, -0.25) is 0 Å². The van der Waals surface area contributed by atoms with E-state index in [2.05, 4.69) is 40.7 Å². The zero-order valence-corrected chi connectivity index (χ0v) is 16.5. The Hall–Kier alpha value is -0.260. The van der Waals surface area contributed by atoms with Gasteiger partial charge in [0.1, 0.15) is 0 Å². The highest BCUT2D eigenvalue weighted by Crippen LogP contribution is 2.60. The topological polar surface area (TPSA) is 0 Å². The van der Waals surface area contributed by atoms with E-state index < -0.39 is 0 Å². The van der Waals surface area contributed by atoms with Crippen molar-refractivity contribution >= 4 is 0 Å². The summed E-state index contributed by atoms with van der Waals surface area (Å²) in [5, 5.41) is 0. The lowest BCUT2D eigenvalue weighted by molar-refractivity contribution is 0.00398. The molecule has 0 bridgehead atoms. The van der Waals surface area contributed by atoms with Gasteiger partial charge in [0, 0.05) is 0 Å². The predicted molar refractivity (Wildman–Crippen MR) is 101 cm³/mol. The first kappa shape index (κ1) is 17.6. The largest absolute Gasteiger partial charge is 0.0845 e. The molecule has 0 aliphatic heterocycles. The van der Waals surface area contributed by atoms with E-state index in [0.717, 1.165) is 23.7 Å². The van der Waals surface area contributed by atoms with Gasteiger partial charge in [0.15, 0.2) is 0 Å². The van der Waals surface area contributed by atoms with E-state index in [1.54, 1.807) is 0 Å². The van der Waals surface area contributed by atoms with Gasteiger partial charge in [-0.05, 0) is 85.9 Å². The summed E-state index contributed by atoms with van der Waals surface area (Å²) in [6.45, 7) is 12.5. The highest BCUT2D eigenvalue weighted by atomic mass is 14.5. The van der Waals surface area contributed by atoms with Crippen LogP contribution in [0.1, 0.15) is 98.8 Å². The zero-order valence-electron chi connectivity index (χ0n) is 16.5. The third-order valence-corrected chi connectivity index (χ3v) is 7.52. The van der Waals surface area contributed by atoms with Crippen LogP contribution in [0.3, 0.4) is 0 Å². The third-order valence-electron chi connectivity index (χ3n) is 7.52. The molecular formula is C23H40. The molecule has 132 valence electrons. The van der Waals surface area contributed by atoms with E-state index in [0.29, 0.717) is 10.8 Å². The Morgan fingerprint density at radius 3 is 2.09 bits per heavy atom. The minimum absolute atomic E-state index is 0.532. The summed E-state index contributed by atoms with van der Waals surface area (Å²) < 4.78 is 0. The zero-order chi connectivity index (χ0) is 16.7. The third kappa shape index (κ3) is 3.72. The van der Waals surface area contributed by atoms with Gasteiger partial charge in [-0.2, -0.15) is 0 Å². The normalized spacial score (nSPS) is 44.7. The van der Waals surface area contributed by atoms with Crippen molar-refractivity contribution in [3.8, 4) is 0 Å². The van der Waals surface area contributed by atoms with Crippen molar-refractivity contribution in [1.82, 2.24) is 0 Å². The molecule has 0 amide bonds. The Morgan fingerprint density at radius 2 is 1.52 bits per heavy atom. The fraction of sp³-hybridized carbons (Fsp3) is 0.913. The number of allylic oxidation sites excluding steroid dienone is 2. The maximum absolute atomic E-state index is 2.71. The van der Waals surface area contributed by atoms with E-state index in [4.69, 9.17) is 0 Å². The Balaban J connectivity index is 1.92. The van der Waals surface area contributed by atoms with Crippen molar-refractivity contribution in [3.05, 3.63) is 11.6 Å². The predicted octanol–water partition coefficient (Wildman–Crippen LogP) is 7.39. The van der Waals surface area contributed by atoms with E-state index in [1.807, 2.05) is 5.57 Å². The summed E-state index contributed by atoms with van der Waals surface area (Å²) in [5.74, 6) is 3.76. The molecular weight excluding hydrogens is 276 g/mol. The van der Waals surface area contributed by atoms with Crippen LogP contribution in [0.4, 0.5) is 0 Å². The van der Waals surface area contributed by atoms with Crippen molar-refractivity contribution < 1.29 is 0 Å². The Morgan fingerprint density at radius 1 is 0.826 bits per heavy atom. The molecule has 0 heteroatoms. The minimum atomic E-state index is 0.532. The highest BCUT2D eigenvalue weighted by Gasteiger charge is 2.49. The van der Waals surface area contributed by atoms with Crippen molar-refractivity contribution in [2.24, 2.45) is 34.5 Å². The second kappa shape index (κ2) is 6.57. The van der Waals surface area contributed by atoms with Crippen molar-refractivity contribution in [1.29, 1.82) is 0 Å². The SMILES string of the molecule is CC1CC=C(C2(C3CCC(C)CC3)CC(C)CC(C)(C)C2)CC1. The van der Waals surface area contributed by atoms with Gasteiger partial charge < -0.3 is 0 Å². The standard InChI is InChI=1S/C23H40/c1-17-6-10-20(11-7-17)23(21-12-8-18(2)9-13-21)15-19(3)14-22(4,5)16-23/h10,17-19,21H,6-9,11-16H2,1-5H3. The molecule has 0 nitrogen and oxygen atoms in total. The quantitative estimate of drug-likeness (QED) is 0.466. The molecule has 0 spiro atoms. The summed E-state index contributed by atoms with van der Waals surface area (Å²) in [6.07, 6.45) is 17.2. The molecule has 0 N–H and O–H groups in total. The Bertz CT molecular complexity index is 435. The average molecular weight is 317 g/mol. The molecule has 0 radical (unpaired) electrons. The van der Waals surface area contributed by atoms with Gasteiger partial charge in [-0.15, -0.1) is 0 Å². The molecule has 0 saturated heterocycles. The first-order chi connectivity index (χ1) is 10.8. The van der Waals surface area contributed by atoms with Crippen molar-refractivity contribution in [3.63, 3.8) is 0 Å². The van der Waals surface area contributed by atoms with Gasteiger partial charge in [0.25, 0.3) is 0 Å². The first-order valence-electron chi connectivity index (χ1n) is 10.5.